The quantitative estimate of drug-likeness (QED) is 0.572. The summed E-state index contributed by atoms with van der Waals surface area (Å²) < 4.78 is 0. The van der Waals surface area contributed by atoms with E-state index >= 15 is 0 Å². The monoisotopic (exact) mass is 376 g/mol. The number of hydrogen-bond donors (Lipinski definition) is 0. The predicted molar refractivity (Wildman–Crippen MR) is 109 cm³/mol. The molecule has 0 amide bonds. The molecular weight excluding hydrogens is 352 g/mol. The van der Waals surface area contributed by atoms with Gasteiger partial charge in [-0.15, -0.1) is 12.4 Å². The lowest BCUT2D eigenvalue weighted by Crippen LogP contribution is -2.48. The summed E-state index contributed by atoms with van der Waals surface area (Å²) in [7, 11) is 1.99. The first-order valence-electron chi connectivity index (χ1n) is 8.61. The SMILES string of the molecule is CN(CCN1CCN(c2ccccc2)CC1)c1cccc([N+](=O)[O-])c1.Cl. The molecule has 0 atom stereocenters. The third-order valence-corrected chi connectivity index (χ3v) is 4.73. The van der Waals surface area contributed by atoms with E-state index in [1.54, 1.807) is 12.1 Å². The number of para-hydroxylation sites is 1. The summed E-state index contributed by atoms with van der Waals surface area (Å²) in [6.07, 6.45) is 0. The highest BCUT2D eigenvalue weighted by Gasteiger charge is 2.17. The lowest BCUT2D eigenvalue weighted by Gasteiger charge is -2.36. The molecule has 0 saturated carbocycles. The number of nitro groups is 1. The molecule has 3 rings (SSSR count). The fraction of sp³-hybridized carbons (Fsp3) is 0.368. The number of nitrogens with zero attached hydrogens (tertiary/aromatic N) is 4. The van der Waals surface area contributed by atoms with Crippen LogP contribution in [0.15, 0.2) is 54.6 Å². The summed E-state index contributed by atoms with van der Waals surface area (Å²) in [5, 5.41) is 10.9. The minimum Gasteiger partial charge on any atom is -0.373 e. The Balaban J connectivity index is 0.00000243. The van der Waals surface area contributed by atoms with Crippen molar-refractivity contribution in [2.45, 2.75) is 0 Å². The van der Waals surface area contributed by atoms with Crippen molar-refractivity contribution in [1.29, 1.82) is 0 Å². The van der Waals surface area contributed by atoms with Gasteiger partial charge in [0.15, 0.2) is 0 Å². The molecular formula is C19H25ClN4O2. The van der Waals surface area contributed by atoms with Crippen LogP contribution in [0.25, 0.3) is 0 Å². The molecule has 0 bridgehead atoms. The molecule has 7 heteroatoms. The molecule has 0 spiro atoms. The van der Waals surface area contributed by atoms with Gasteiger partial charge in [-0.25, -0.2) is 0 Å². The first-order chi connectivity index (χ1) is 12.1. The molecule has 6 nitrogen and oxygen atoms in total. The van der Waals surface area contributed by atoms with Crippen LogP contribution in [0.3, 0.4) is 0 Å². The molecule has 0 aromatic heterocycles. The van der Waals surface area contributed by atoms with Gasteiger partial charge in [-0.3, -0.25) is 15.0 Å². The third-order valence-electron chi connectivity index (χ3n) is 4.73. The van der Waals surface area contributed by atoms with Crippen LogP contribution >= 0.6 is 12.4 Å². The summed E-state index contributed by atoms with van der Waals surface area (Å²) in [6, 6.07) is 17.3. The molecule has 1 fully saturated rings. The second kappa shape index (κ2) is 9.40. The zero-order valence-corrected chi connectivity index (χ0v) is 15.8. The Labute approximate surface area is 160 Å². The molecule has 0 unspecified atom stereocenters. The molecule has 2 aromatic carbocycles. The highest BCUT2D eigenvalue weighted by Crippen LogP contribution is 2.20. The number of hydrogen-bond acceptors (Lipinski definition) is 5. The molecule has 140 valence electrons. The zero-order valence-electron chi connectivity index (χ0n) is 15.0. The van der Waals surface area contributed by atoms with E-state index in [4.69, 9.17) is 0 Å². The van der Waals surface area contributed by atoms with Gasteiger partial charge in [-0.2, -0.15) is 0 Å². The highest BCUT2D eigenvalue weighted by molar-refractivity contribution is 5.85. The normalized spacial score (nSPS) is 14.6. The molecule has 26 heavy (non-hydrogen) atoms. The largest absolute Gasteiger partial charge is 0.373 e. The van der Waals surface area contributed by atoms with Gasteiger partial charge in [-0.1, -0.05) is 24.3 Å². The molecule has 0 radical (unpaired) electrons. The van der Waals surface area contributed by atoms with Crippen LogP contribution < -0.4 is 9.80 Å². The Kier molecular flexibility index (Phi) is 7.24. The van der Waals surface area contributed by atoms with E-state index in [1.807, 2.05) is 19.2 Å². The first kappa shape index (κ1) is 20.0. The van der Waals surface area contributed by atoms with Gasteiger partial charge < -0.3 is 9.80 Å². The second-order valence-electron chi connectivity index (χ2n) is 6.36. The maximum absolute atomic E-state index is 10.9. The lowest BCUT2D eigenvalue weighted by molar-refractivity contribution is -0.384. The van der Waals surface area contributed by atoms with Crippen LogP contribution in [0.4, 0.5) is 17.1 Å². The molecule has 1 aliphatic heterocycles. The molecule has 1 heterocycles. The summed E-state index contributed by atoms with van der Waals surface area (Å²) in [4.78, 5) is 17.5. The van der Waals surface area contributed by atoms with E-state index in [0.717, 1.165) is 45.0 Å². The van der Waals surface area contributed by atoms with Gasteiger partial charge in [0.05, 0.1) is 4.92 Å². The molecule has 0 N–H and O–H groups in total. The zero-order chi connectivity index (χ0) is 17.6. The van der Waals surface area contributed by atoms with Crippen LogP contribution in [-0.2, 0) is 0 Å². The Bertz CT molecular complexity index is 706. The van der Waals surface area contributed by atoms with Crippen molar-refractivity contribution in [3.05, 3.63) is 64.7 Å². The van der Waals surface area contributed by atoms with Crippen molar-refractivity contribution in [1.82, 2.24) is 4.90 Å². The smallest absolute Gasteiger partial charge is 0.271 e. The number of anilines is 2. The second-order valence-corrected chi connectivity index (χ2v) is 6.36. The highest BCUT2D eigenvalue weighted by atomic mass is 35.5. The van der Waals surface area contributed by atoms with Gasteiger partial charge >= 0.3 is 0 Å². The van der Waals surface area contributed by atoms with Crippen molar-refractivity contribution < 1.29 is 4.92 Å². The molecule has 2 aromatic rings. The Hall–Kier alpha value is -2.31. The first-order valence-corrected chi connectivity index (χ1v) is 8.61. The van der Waals surface area contributed by atoms with Crippen LogP contribution in [0.1, 0.15) is 0 Å². The minimum absolute atomic E-state index is 0. The van der Waals surface area contributed by atoms with Gasteiger partial charge in [-0.05, 0) is 18.2 Å². The van der Waals surface area contributed by atoms with Crippen LogP contribution in [0.2, 0.25) is 0 Å². The van der Waals surface area contributed by atoms with Crippen molar-refractivity contribution in [3.8, 4) is 0 Å². The van der Waals surface area contributed by atoms with Gasteiger partial charge in [0.25, 0.3) is 5.69 Å². The van der Waals surface area contributed by atoms with Crippen LogP contribution in [0, 0.1) is 10.1 Å². The minimum atomic E-state index is -0.347. The molecule has 1 saturated heterocycles. The van der Waals surface area contributed by atoms with E-state index in [2.05, 4.69) is 39.0 Å². The Morgan fingerprint density at radius 1 is 1.04 bits per heavy atom. The number of non-ortho nitro benzene ring substituents is 1. The van der Waals surface area contributed by atoms with Crippen molar-refractivity contribution in [2.75, 3.05) is 56.1 Å². The fourth-order valence-corrected chi connectivity index (χ4v) is 3.13. The third kappa shape index (κ3) is 5.09. The number of halogens is 1. The number of benzene rings is 2. The average molecular weight is 377 g/mol. The fourth-order valence-electron chi connectivity index (χ4n) is 3.13. The van der Waals surface area contributed by atoms with Crippen LogP contribution in [-0.4, -0.2) is 56.1 Å². The lowest BCUT2D eigenvalue weighted by atomic mass is 10.2. The van der Waals surface area contributed by atoms with Crippen molar-refractivity contribution in [3.63, 3.8) is 0 Å². The number of nitro benzene ring substituents is 1. The van der Waals surface area contributed by atoms with Crippen LogP contribution in [0.5, 0.6) is 0 Å². The summed E-state index contributed by atoms with van der Waals surface area (Å²) in [6.45, 7) is 5.96. The van der Waals surface area contributed by atoms with E-state index < -0.39 is 0 Å². The number of likely N-dealkylation sites (N-methyl/N-ethyl adjacent to an activating group) is 1. The predicted octanol–water partition coefficient (Wildman–Crippen LogP) is 3.28. The Morgan fingerprint density at radius 3 is 2.38 bits per heavy atom. The topological polar surface area (TPSA) is 52.9 Å². The summed E-state index contributed by atoms with van der Waals surface area (Å²) in [5.41, 5.74) is 2.31. The Morgan fingerprint density at radius 2 is 1.73 bits per heavy atom. The van der Waals surface area contributed by atoms with E-state index in [-0.39, 0.29) is 23.0 Å². The molecule has 0 aliphatic carbocycles. The number of rotatable bonds is 6. The van der Waals surface area contributed by atoms with E-state index in [1.165, 1.54) is 11.8 Å². The standard InChI is InChI=1S/C19H24N4O2.ClH/c1-20(18-8-5-9-19(16-18)23(24)25)10-11-21-12-14-22(15-13-21)17-6-3-2-4-7-17;/h2-9,16H,10-15H2,1H3;1H. The summed E-state index contributed by atoms with van der Waals surface area (Å²) in [5.74, 6) is 0. The average Bonchev–Trinajstić information content (AvgIpc) is 2.67. The van der Waals surface area contributed by atoms with Crippen molar-refractivity contribution in [2.24, 2.45) is 0 Å². The summed E-state index contributed by atoms with van der Waals surface area (Å²) >= 11 is 0. The maximum Gasteiger partial charge on any atom is 0.271 e. The van der Waals surface area contributed by atoms with Gasteiger partial charge in [0.1, 0.15) is 0 Å². The molecule has 1 aliphatic rings. The van der Waals surface area contributed by atoms with E-state index in [9.17, 15) is 10.1 Å². The van der Waals surface area contributed by atoms with Gasteiger partial charge in [0, 0.05) is 69.8 Å². The van der Waals surface area contributed by atoms with E-state index in [0.29, 0.717) is 0 Å². The van der Waals surface area contributed by atoms with Crippen molar-refractivity contribution >= 4 is 29.5 Å². The van der Waals surface area contributed by atoms with Gasteiger partial charge in [0.2, 0.25) is 0 Å². The number of piperazine rings is 1. The maximum atomic E-state index is 10.9.